The number of esters is 1. The lowest BCUT2D eigenvalue weighted by molar-refractivity contribution is -0.143. The molecular formula is C76H143NO5. The molecule has 2 unspecified atom stereocenters. The molecule has 0 aliphatic rings. The Morgan fingerprint density at radius 1 is 0.341 bits per heavy atom. The molecule has 0 bridgehead atoms. The summed E-state index contributed by atoms with van der Waals surface area (Å²) < 4.78 is 5.50. The molecule has 1 amide bonds. The predicted octanol–water partition coefficient (Wildman–Crippen LogP) is 24.0. The Morgan fingerprint density at radius 3 is 0.951 bits per heavy atom. The number of amides is 1. The number of nitrogens with one attached hydrogen (secondary N) is 1. The van der Waals surface area contributed by atoms with Gasteiger partial charge in [0.2, 0.25) is 5.91 Å². The van der Waals surface area contributed by atoms with Crippen molar-refractivity contribution in [2.24, 2.45) is 0 Å². The zero-order valence-corrected chi connectivity index (χ0v) is 55.2. The Balaban J connectivity index is 3.41. The largest absolute Gasteiger partial charge is 0.466 e. The monoisotopic (exact) mass is 1150 g/mol. The molecule has 82 heavy (non-hydrogen) atoms. The fourth-order valence-corrected chi connectivity index (χ4v) is 11.4. The molecular weight excluding hydrogens is 1010 g/mol. The van der Waals surface area contributed by atoms with Crippen molar-refractivity contribution < 1.29 is 24.5 Å². The van der Waals surface area contributed by atoms with Gasteiger partial charge in [-0.1, -0.05) is 345 Å². The fourth-order valence-electron chi connectivity index (χ4n) is 11.4. The summed E-state index contributed by atoms with van der Waals surface area (Å²) in [4.78, 5) is 24.6. The van der Waals surface area contributed by atoms with E-state index in [1.807, 2.05) is 6.08 Å². The minimum Gasteiger partial charge on any atom is -0.466 e. The number of carbonyl (C=O) groups excluding carboxylic acids is 2. The van der Waals surface area contributed by atoms with Gasteiger partial charge in [0.25, 0.3) is 0 Å². The lowest BCUT2D eigenvalue weighted by Crippen LogP contribution is -2.45. The smallest absolute Gasteiger partial charge is 0.305 e. The molecule has 3 N–H and O–H groups in total. The highest BCUT2D eigenvalue weighted by molar-refractivity contribution is 5.76. The summed E-state index contributed by atoms with van der Waals surface area (Å²) >= 11 is 0. The molecule has 0 aromatic rings. The van der Waals surface area contributed by atoms with Crippen LogP contribution < -0.4 is 5.32 Å². The molecule has 0 radical (unpaired) electrons. The van der Waals surface area contributed by atoms with Crippen LogP contribution in [0.1, 0.15) is 399 Å². The van der Waals surface area contributed by atoms with E-state index in [0.29, 0.717) is 19.4 Å². The Kier molecular flexibility index (Phi) is 69.4. The van der Waals surface area contributed by atoms with Crippen LogP contribution in [0.2, 0.25) is 0 Å². The van der Waals surface area contributed by atoms with Gasteiger partial charge >= 0.3 is 5.97 Å². The summed E-state index contributed by atoms with van der Waals surface area (Å²) in [6, 6.07) is -0.631. The van der Waals surface area contributed by atoms with Crippen molar-refractivity contribution in [3.8, 4) is 0 Å². The van der Waals surface area contributed by atoms with Crippen LogP contribution in [0.5, 0.6) is 0 Å². The van der Waals surface area contributed by atoms with Gasteiger partial charge in [-0.25, -0.2) is 0 Å². The minimum absolute atomic E-state index is 0.00694. The predicted molar refractivity (Wildman–Crippen MR) is 361 cm³/mol. The Hall–Kier alpha value is -2.18. The number of aliphatic hydroxyl groups is 2. The van der Waals surface area contributed by atoms with Crippen molar-refractivity contribution in [1.82, 2.24) is 5.32 Å². The van der Waals surface area contributed by atoms with Gasteiger partial charge in [-0.15, -0.1) is 0 Å². The summed E-state index contributed by atoms with van der Waals surface area (Å²) in [5, 5.41) is 23.3. The summed E-state index contributed by atoms with van der Waals surface area (Å²) in [5.74, 6) is -0.0596. The second-order valence-electron chi connectivity index (χ2n) is 25.3. The normalized spacial score (nSPS) is 12.8. The third kappa shape index (κ3) is 67.0. The lowest BCUT2D eigenvalue weighted by Gasteiger charge is -2.20. The molecule has 0 saturated carbocycles. The minimum atomic E-state index is -0.848. The van der Waals surface area contributed by atoms with Gasteiger partial charge in [-0.2, -0.15) is 0 Å². The van der Waals surface area contributed by atoms with Gasteiger partial charge in [0, 0.05) is 12.8 Å². The molecule has 6 heteroatoms. The maximum Gasteiger partial charge on any atom is 0.305 e. The van der Waals surface area contributed by atoms with Gasteiger partial charge in [-0.3, -0.25) is 9.59 Å². The molecule has 0 fully saturated rings. The van der Waals surface area contributed by atoms with Crippen LogP contribution in [0.15, 0.2) is 48.6 Å². The topological polar surface area (TPSA) is 95.9 Å². The summed E-state index contributed by atoms with van der Waals surface area (Å²) in [6.07, 6.45) is 93.4. The average Bonchev–Trinajstić information content (AvgIpc) is 3.48. The Labute approximate surface area is 512 Å². The third-order valence-corrected chi connectivity index (χ3v) is 17.1. The van der Waals surface area contributed by atoms with E-state index in [2.05, 4.69) is 55.6 Å². The average molecular weight is 1150 g/mol. The van der Waals surface area contributed by atoms with E-state index in [4.69, 9.17) is 4.74 Å². The highest BCUT2D eigenvalue weighted by Gasteiger charge is 2.18. The van der Waals surface area contributed by atoms with Crippen molar-refractivity contribution in [2.45, 2.75) is 411 Å². The number of ether oxygens (including phenoxy) is 1. The maximum absolute atomic E-state index is 12.5. The van der Waals surface area contributed by atoms with Gasteiger partial charge in [0.05, 0.1) is 25.4 Å². The van der Waals surface area contributed by atoms with Crippen LogP contribution in [0.3, 0.4) is 0 Å². The van der Waals surface area contributed by atoms with Crippen LogP contribution in [-0.2, 0) is 14.3 Å². The third-order valence-electron chi connectivity index (χ3n) is 17.1. The highest BCUT2D eigenvalue weighted by Crippen LogP contribution is 2.18. The molecule has 2 atom stereocenters. The van der Waals surface area contributed by atoms with Crippen molar-refractivity contribution in [2.75, 3.05) is 13.2 Å². The van der Waals surface area contributed by atoms with Gasteiger partial charge in [0.15, 0.2) is 0 Å². The van der Waals surface area contributed by atoms with Crippen molar-refractivity contribution in [3.63, 3.8) is 0 Å². The van der Waals surface area contributed by atoms with E-state index in [9.17, 15) is 19.8 Å². The number of hydrogen-bond acceptors (Lipinski definition) is 5. The SMILES string of the molecule is CCCCCC/C=C\C/C=C\CCCCCCCCCC(=O)OCCCCCCCCCCCCCC/C=C\CCCCCCCCCCCCC(=O)NC(CO)C(O)/C=C/CCCCCCCCCCCCCCCCCCCCC. The summed E-state index contributed by atoms with van der Waals surface area (Å²) in [5.41, 5.74) is 0. The molecule has 0 aromatic carbocycles. The van der Waals surface area contributed by atoms with E-state index >= 15 is 0 Å². The van der Waals surface area contributed by atoms with E-state index < -0.39 is 12.1 Å². The fraction of sp³-hybridized carbons (Fsp3) is 0.868. The van der Waals surface area contributed by atoms with E-state index in [1.165, 1.54) is 321 Å². The first-order valence-corrected chi connectivity index (χ1v) is 36.9. The van der Waals surface area contributed by atoms with Gasteiger partial charge in [0.1, 0.15) is 0 Å². The quantitative estimate of drug-likeness (QED) is 0.0320. The zero-order chi connectivity index (χ0) is 59.2. The molecule has 0 aliphatic heterocycles. The molecule has 0 aromatic heterocycles. The highest BCUT2D eigenvalue weighted by atomic mass is 16.5. The van der Waals surface area contributed by atoms with Gasteiger partial charge < -0.3 is 20.3 Å². The number of allylic oxidation sites excluding steroid dienone is 7. The molecule has 0 saturated heterocycles. The van der Waals surface area contributed by atoms with E-state index in [-0.39, 0.29) is 18.5 Å². The summed E-state index contributed by atoms with van der Waals surface area (Å²) in [7, 11) is 0. The number of carbonyl (C=O) groups is 2. The molecule has 0 spiro atoms. The van der Waals surface area contributed by atoms with Crippen LogP contribution in [0, 0.1) is 0 Å². The zero-order valence-electron chi connectivity index (χ0n) is 55.2. The standard InChI is InChI=1S/C76H143NO5/c1-3-5-7-9-11-13-15-17-19-21-23-30-33-36-40-44-48-52-56-60-64-68-74(79)73(72-78)77-75(80)69-65-61-57-53-49-45-41-37-34-31-28-26-24-25-27-29-32-35-39-43-47-51-55-59-63-67-71-82-76(81)70-66-62-58-54-50-46-42-38-22-20-18-16-14-12-10-8-6-4-2/h14,16,20,22,24,26,64,68,73-74,78-79H,3-13,15,17-19,21,23,25,27-63,65-67,69-72H2,1-2H3,(H,77,80)/b16-14-,22-20-,26-24-,68-64+. The maximum atomic E-state index is 12.5. The van der Waals surface area contributed by atoms with Crippen LogP contribution >= 0.6 is 0 Å². The molecule has 0 rings (SSSR count). The van der Waals surface area contributed by atoms with E-state index in [0.717, 1.165) is 51.4 Å². The first kappa shape index (κ1) is 79.8. The number of rotatable bonds is 69. The van der Waals surface area contributed by atoms with E-state index in [1.54, 1.807) is 6.08 Å². The van der Waals surface area contributed by atoms with Gasteiger partial charge in [-0.05, 0) is 89.9 Å². The number of aliphatic hydroxyl groups excluding tert-OH is 2. The van der Waals surface area contributed by atoms with Crippen molar-refractivity contribution >= 4 is 11.9 Å². The second-order valence-corrected chi connectivity index (χ2v) is 25.3. The molecule has 482 valence electrons. The van der Waals surface area contributed by atoms with Crippen LogP contribution in [0.25, 0.3) is 0 Å². The van der Waals surface area contributed by atoms with Crippen molar-refractivity contribution in [1.29, 1.82) is 0 Å². The Bertz CT molecular complexity index is 1370. The summed E-state index contributed by atoms with van der Waals surface area (Å²) in [6.45, 7) is 4.92. The first-order valence-electron chi connectivity index (χ1n) is 36.9. The number of unbranched alkanes of at least 4 members (excludes halogenated alkanes) is 52. The molecule has 6 nitrogen and oxygen atoms in total. The molecule has 0 heterocycles. The second kappa shape index (κ2) is 71.3. The first-order chi connectivity index (χ1) is 40.5. The van der Waals surface area contributed by atoms with Crippen LogP contribution in [-0.4, -0.2) is 47.4 Å². The van der Waals surface area contributed by atoms with Crippen molar-refractivity contribution in [3.05, 3.63) is 48.6 Å². The number of hydrogen-bond donors (Lipinski definition) is 3. The molecule has 0 aliphatic carbocycles. The van der Waals surface area contributed by atoms with Crippen LogP contribution in [0.4, 0.5) is 0 Å². The lowest BCUT2D eigenvalue weighted by atomic mass is 10.0. The Morgan fingerprint density at radius 2 is 0.610 bits per heavy atom.